The van der Waals surface area contributed by atoms with Gasteiger partial charge in [-0.3, -0.25) is 15.0 Å². The van der Waals surface area contributed by atoms with Crippen molar-refractivity contribution in [2.75, 3.05) is 0 Å². The Morgan fingerprint density at radius 3 is 1.73 bits per heavy atom. The van der Waals surface area contributed by atoms with Crippen LogP contribution in [0.4, 0.5) is 17.1 Å². The molecule has 0 radical (unpaired) electrons. The van der Waals surface area contributed by atoms with E-state index in [4.69, 9.17) is 9.98 Å². The van der Waals surface area contributed by atoms with Crippen molar-refractivity contribution in [2.45, 2.75) is 39.2 Å². The molecule has 0 aliphatic carbocycles. The van der Waals surface area contributed by atoms with Crippen LogP contribution in [0.3, 0.4) is 0 Å². The molecule has 37 heavy (non-hydrogen) atoms. The number of rotatable bonds is 10. The first kappa shape index (κ1) is 25.9. The third kappa shape index (κ3) is 7.42. The van der Waals surface area contributed by atoms with Gasteiger partial charge in [-0.15, -0.1) is 0 Å². The van der Waals surface area contributed by atoms with Crippen LogP contribution in [0, 0.1) is 6.92 Å². The average molecular weight is 488 g/mol. The van der Waals surface area contributed by atoms with Crippen LogP contribution < -0.4 is 0 Å². The van der Waals surface area contributed by atoms with Gasteiger partial charge >= 0.3 is 0 Å². The lowest BCUT2D eigenvalue weighted by Crippen LogP contribution is -2.15. The Hall–Kier alpha value is -4.15. The molecule has 1 N–H and O–H groups in total. The zero-order valence-corrected chi connectivity index (χ0v) is 21.5. The van der Waals surface area contributed by atoms with Gasteiger partial charge in [0, 0.05) is 24.8 Å². The monoisotopic (exact) mass is 487 g/mol. The van der Waals surface area contributed by atoms with E-state index in [0.717, 1.165) is 51.6 Å². The summed E-state index contributed by atoms with van der Waals surface area (Å²) in [6, 6.07) is 36.2. The molecule has 0 aliphatic heterocycles. The second-order valence-electron chi connectivity index (χ2n) is 8.88. The van der Waals surface area contributed by atoms with E-state index in [2.05, 4.69) is 24.0 Å². The number of aliphatic hydroxyl groups excluding tert-OH is 1. The molecule has 0 amide bonds. The molecular formula is C33H33N3O. The van der Waals surface area contributed by atoms with Gasteiger partial charge in [-0.1, -0.05) is 97.9 Å². The lowest BCUT2D eigenvalue weighted by molar-refractivity contribution is 0.192. The van der Waals surface area contributed by atoms with Gasteiger partial charge in [0.1, 0.15) is 0 Å². The van der Waals surface area contributed by atoms with Crippen molar-refractivity contribution in [2.24, 2.45) is 15.0 Å². The summed E-state index contributed by atoms with van der Waals surface area (Å²) in [6.07, 6.45) is 2.83. The van der Waals surface area contributed by atoms with Gasteiger partial charge in [-0.25, -0.2) is 0 Å². The Morgan fingerprint density at radius 1 is 0.676 bits per heavy atom. The first-order valence-corrected chi connectivity index (χ1v) is 12.7. The summed E-state index contributed by atoms with van der Waals surface area (Å²) in [7, 11) is 0. The Morgan fingerprint density at radius 2 is 1.16 bits per heavy atom. The molecule has 4 aromatic rings. The van der Waals surface area contributed by atoms with E-state index in [0.29, 0.717) is 12.8 Å². The third-order valence-electron chi connectivity index (χ3n) is 6.09. The summed E-state index contributed by atoms with van der Waals surface area (Å²) < 4.78 is 0. The van der Waals surface area contributed by atoms with Crippen LogP contribution in [-0.4, -0.2) is 28.8 Å². The average Bonchev–Trinajstić information content (AvgIpc) is 2.94. The minimum Gasteiger partial charge on any atom is -0.392 e. The van der Waals surface area contributed by atoms with E-state index in [1.165, 1.54) is 0 Å². The molecule has 0 aromatic heterocycles. The second-order valence-corrected chi connectivity index (χ2v) is 8.88. The number of hydrogen-bond donors (Lipinski definition) is 1. The van der Waals surface area contributed by atoms with Gasteiger partial charge in [0.05, 0.1) is 28.9 Å². The summed E-state index contributed by atoms with van der Waals surface area (Å²) in [4.78, 5) is 14.6. The van der Waals surface area contributed by atoms with Crippen LogP contribution >= 0.6 is 0 Å². The number of benzene rings is 4. The molecule has 4 aromatic carbocycles. The van der Waals surface area contributed by atoms with Crippen molar-refractivity contribution in [1.82, 2.24) is 0 Å². The van der Waals surface area contributed by atoms with Crippen LogP contribution in [0.1, 0.15) is 42.9 Å². The zero-order chi connectivity index (χ0) is 25.9. The number of aliphatic hydroxyl groups is 1. The molecule has 4 nitrogen and oxygen atoms in total. The van der Waals surface area contributed by atoms with Gasteiger partial charge < -0.3 is 5.11 Å². The summed E-state index contributed by atoms with van der Waals surface area (Å²) in [5.41, 5.74) is 7.54. The van der Waals surface area contributed by atoms with Crippen molar-refractivity contribution in [3.63, 3.8) is 0 Å². The highest BCUT2D eigenvalue weighted by Gasteiger charge is 2.12. The number of aliphatic imine (C=N–C) groups is 3. The Labute approximate surface area is 219 Å². The number of aryl methyl sites for hydroxylation is 1. The molecule has 186 valence electrons. The second kappa shape index (κ2) is 13.2. The molecule has 0 saturated heterocycles. The number of nitrogens with zero attached hydrogens (tertiary/aromatic N) is 3. The summed E-state index contributed by atoms with van der Waals surface area (Å²) in [6.45, 7) is 4.15. The predicted octanol–water partition coefficient (Wildman–Crippen LogP) is 8.19. The molecule has 0 heterocycles. The maximum atomic E-state index is 10.9. The SMILES string of the molecule is CCC(=Nc1ccccc1N=C(CC(O)CC=Nc1ccccc1C)c1ccccc1)c1ccccc1. The number of hydrogen-bond acceptors (Lipinski definition) is 4. The molecule has 1 unspecified atom stereocenters. The smallest absolute Gasteiger partial charge is 0.0889 e. The van der Waals surface area contributed by atoms with E-state index in [9.17, 15) is 5.11 Å². The Balaban J connectivity index is 1.62. The summed E-state index contributed by atoms with van der Waals surface area (Å²) in [5.74, 6) is 0. The van der Waals surface area contributed by atoms with Crippen molar-refractivity contribution < 1.29 is 5.11 Å². The normalized spacial score (nSPS) is 13.2. The van der Waals surface area contributed by atoms with Crippen molar-refractivity contribution >= 4 is 34.7 Å². The van der Waals surface area contributed by atoms with E-state index in [1.54, 1.807) is 6.21 Å². The highest BCUT2D eigenvalue weighted by atomic mass is 16.3. The van der Waals surface area contributed by atoms with Crippen LogP contribution in [-0.2, 0) is 0 Å². The highest BCUT2D eigenvalue weighted by molar-refractivity contribution is 6.04. The molecule has 0 fully saturated rings. The van der Waals surface area contributed by atoms with Crippen LogP contribution in [0.15, 0.2) is 124 Å². The van der Waals surface area contributed by atoms with Crippen molar-refractivity contribution in [1.29, 1.82) is 0 Å². The van der Waals surface area contributed by atoms with Crippen molar-refractivity contribution in [3.8, 4) is 0 Å². The standard InChI is InChI=1S/C33H33N3O/c1-3-29(26-15-6-4-7-16-26)35-31-20-12-13-21-32(31)36-33(27-17-8-5-9-18-27)24-28(37)22-23-34-30-19-11-10-14-25(30)2/h4-21,23,28,37H,3,22,24H2,1-2H3. The Kier molecular flexibility index (Phi) is 9.28. The molecule has 0 aliphatic rings. The largest absolute Gasteiger partial charge is 0.392 e. The first-order chi connectivity index (χ1) is 18.1. The molecule has 1 atom stereocenters. The maximum Gasteiger partial charge on any atom is 0.0889 e. The zero-order valence-electron chi connectivity index (χ0n) is 21.5. The fraction of sp³-hybridized carbons (Fsp3) is 0.182. The van der Waals surface area contributed by atoms with Crippen LogP contribution in [0.5, 0.6) is 0 Å². The topological polar surface area (TPSA) is 57.3 Å². The van der Waals surface area contributed by atoms with Gasteiger partial charge in [-0.05, 0) is 48.2 Å². The van der Waals surface area contributed by atoms with Gasteiger partial charge in [0.2, 0.25) is 0 Å². The minimum absolute atomic E-state index is 0.404. The van der Waals surface area contributed by atoms with Gasteiger partial charge in [0.15, 0.2) is 0 Å². The highest BCUT2D eigenvalue weighted by Crippen LogP contribution is 2.30. The van der Waals surface area contributed by atoms with E-state index in [-0.39, 0.29) is 0 Å². The predicted molar refractivity (Wildman–Crippen MR) is 157 cm³/mol. The molecule has 4 rings (SSSR count). The van der Waals surface area contributed by atoms with Crippen molar-refractivity contribution in [3.05, 3.63) is 126 Å². The van der Waals surface area contributed by atoms with Gasteiger partial charge in [0.25, 0.3) is 0 Å². The lowest BCUT2D eigenvalue weighted by atomic mass is 10.0. The number of para-hydroxylation sites is 3. The van der Waals surface area contributed by atoms with E-state index in [1.807, 2.05) is 104 Å². The molecule has 4 heteroatoms. The van der Waals surface area contributed by atoms with E-state index < -0.39 is 6.10 Å². The van der Waals surface area contributed by atoms with Gasteiger partial charge in [-0.2, -0.15) is 0 Å². The van der Waals surface area contributed by atoms with E-state index >= 15 is 0 Å². The molecule has 0 bridgehead atoms. The fourth-order valence-electron chi connectivity index (χ4n) is 4.07. The molecule has 0 saturated carbocycles. The maximum absolute atomic E-state index is 10.9. The Bertz CT molecular complexity index is 1380. The fourth-order valence-corrected chi connectivity index (χ4v) is 4.07. The third-order valence-corrected chi connectivity index (χ3v) is 6.09. The summed E-state index contributed by atoms with van der Waals surface area (Å²) >= 11 is 0. The molecular weight excluding hydrogens is 454 g/mol. The summed E-state index contributed by atoms with van der Waals surface area (Å²) in [5, 5.41) is 10.9. The molecule has 0 spiro atoms. The quantitative estimate of drug-likeness (QED) is 0.225. The first-order valence-electron chi connectivity index (χ1n) is 12.7. The lowest BCUT2D eigenvalue weighted by Gasteiger charge is -2.13. The van der Waals surface area contributed by atoms with Crippen LogP contribution in [0.2, 0.25) is 0 Å². The van der Waals surface area contributed by atoms with Crippen LogP contribution in [0.25, 0.3) is 0 Å². The minimum atomic E-state index is -0.613.